The van der Waals surface area contributed by atoms with Gasteiger partial charge in [-0.1, -0.05) is 30.3 Å². The summed E-state index contributed by atoms with van der Waals surface area (Å²) in [6.07, 6.45) is 4.04. The maximum absolute atomic E-state index is 13.3. The molecule has 0 atom stereocenters. The zero-order chi connectivity index (χ0) is 21.8. The summed E-state index contributed by atoms with van der Waals surface area (Å²) in [5.41, 5.74) is 8.83. The number of carbonyl (C=O) groups excluding carboxylic acids is 1. The van der Waals surface area contributed by atoms with Crippen molar-refractivity contribution in [2.45, 2.75) is 18.9 Å². The molecule has 0 amide bonds. The van der Waals surface area contributed by atoms with Gasteiger partial charge < -0.3 is 5.73 Å². The summed E-state index contributed by atoms with van der Waals surface area (Å²) in [4.78, 5) is 33.4. The van der Waals surface area contributed by atoms with Crippen LogP contribution in [0, 0.1) is 0 Å². The van der Waals surface area contributed by atoms with Crippen molar-refractivity contribution in [1.82, 2.24) is 24.3 Å². The molecule has 156 valence electrons. The Labute approximate surface area is 182 Å². The lowest BCUT2D eigenvalue weighted by molar-refractivity contribution is -0.126. The van der Waals surface area contributed by atoms with Gasteiger partial charge in [0.15, 0.2) is 5.65 Å². The highest BCUT2D eigenvalue weighted by atomic mass is 16.1. The Morgan fingerprint density at radius 3 is 2.56 bits per heavy atom. The minimum atomic E-state index is -0.118. The molecule has 1 saturated carbocycles. The number of nitrogen functional groups attached to an aromatic ring is 1. The second-order valence-electron chi connectivity index (χ2n) is 7.98. The molecule has 2 aromatic carbocycles. The molecule has 5 aromatic rings. The standard InChI is InChI=1S/C24H18N6O2/c25-22-20-21(28-30(17-11-18(31)12-17)23(20)27-13-26-22)15-7-6-14-8-9-29(24(32)19(14)10-15)16-4-2-1-3-5-16/h1-10,13,17H,11-12H2,(H2,25,26,27). The Morgan fingerprint density at radius 1 is 0.969 bits per heavy atom. The molecule has 2 N–H and O–H groups in total. The smallest absolute Gasteiger partial charge is 0.262 e. The number of nitrogens with two attached hydrogens (primary N) is 1. The molecule has 6 rings (SSSR count). The highest BCUT2D eigenvalue weighted by Gasteiger charge is 2.32. The molecule has 3 aromatic heterocycles. The minimum absolute atomic E-state index is 0.0381. The molecule has 0 aliphatic heterocycles. The molecule has 0 spiro atoms. The lowest BCUT2D eigenvalue weighted by atomic mass is 9.91. The fourth-order valence-electron chi connectivity index (χ4n) is 4.27. The van der Waals surface area contributed by atoms with Crippen LogP contribution in [0.4, 0.5) is 5.82 Å². The van der Waals surface area contributed by atoms with Gasteiger partial charge in [0.05, 0.1) is 11.4 Å². The van der Waals surface area contributed by atoms with E-state index in [1.54, 1.807) is 15.4 Å². The monoisotopic (exact) mass is 422 g/mol. The Morgan fingerprint density at radius 2 is 1.78 bits per heavy atom. The van der Waals surface area contributed by atoms with Crippen LogP contribution in [0.2, 0.25) is 0 Å². The number of carbonyl (C=O) groups is 1. The van der Waals surface area contributed by atoms with E-state index in [2.05, 4.69) is 9.97 Å². The lowest BCUT2D eigenvalue weighted by Crippen LogP contribution is -2.27. The van der Waals surface area contributed by atoms with E-state index >= 15 is 0 Å². The number of nitrogens with zero attached hydrogens (tertiary/aromatic N) is 5. The van der Waals surface area contributed by atoms with Crippen LogP contribution in [0.25, 0.3) is 38.8 Å². The number of anilines is 1. The number of ketones is 1. The number of fused-ring (bicyclic) bond motifs is 2. The zero-order valence-corrected chi connectivity index (χ0v) is 17.0. The molecule has 1 aliphatic rings. The van der Waals surface area contributed by atoms with Crippen molar-refractivity contribution in [2.24, 2.45) is 0 Å². The number of rotatable bonds is 3. The van der Waals surface area contributed by atoms with E-state index < -0.39 is 0 Å². The van der Waals surface area contributed by atoms with E-state index in [-0.39, 0.29) is 17.4 Å². The number of benzene rings is 2. The molecule has 0 bridgehead atoms. The van der Waals surface area contributed by atoms with Gasteiger partial charge in [-0.25, -0.2) is 14.6 Å². The summed E-state index contributed by atoms with van der Waals surface area (Å²) in [6.45, 7) is 0. The van der Waals surface area contributed by atoms with Crippen LogP contribution >= 0.6 is 0 Å². The van der Waals surface area contributed by atoms with E-state index in [1.807, 2.05) is 54.6 Å². The van der Waals surface area contributed by atoms with Crippen molar-refractivity contribution in [3.63, 3.8) is 0 Å². The van der Waals surface area contributed by atoms with Crippen molar-refractivity contribution in [3.8, 4) is 16.9 Å². The first-order valence-corrected chi connectivity index (χ1v) is 10.3. The highest BCUT2D eigenvalue weighted by Crippen LogP contribution is 2.36. The van der Waals surface area contributed by atoms with Crippen LogP contribution in [0.3, 0.4) is 0 Å². The van der Waals surface area contributed by atoms with Gasteiger partial charge in [0.1, 0.15) is 23.6 Å². The predicted molar refractivity (Wildman–Crippen MR) is 122 cm³/mol. The SMILES string of the molecule is Nc1ncnc2c1c(-c1ccc3ccn(-c4ccccc4)c(=O)c3c1)nn2C1CC(=O)C1. The van der Waals surface area contributed by atoms with Crippen molar-refractivity contribution in [2.75, 3.05) is 5.73 Å². The van der Waals surface area contributed by atoms with Gasteiger partial charge in [-0.15, -0.1) is 0 Å². The van der Waals surface area contributed by atoms with Crippen molar-refractivity contribution in [1.29, 1.82) is 0 Å². The molecule has 3 heterocycles. The Hall–Kier alpha value is -4.33. The summed E-state index contributed by atoms with van der Waals surface area (Å²) in [5, 5.41) is 6.81. The normalized spacial score (nSPS) is 14.2. The first-order chi connectivity index (χ1) is 15.6. The molecule has 1 fully saturated rings. The summed E-state index contributed by atoms with van der Waals surface area (Å²) in [7, 11) is 0. The predicted octanol–water partition coefficient (Wildman–Crippen LogP) is 3.28. The summed E-state index contributed by atoms with van der Waals surface area (Å²) in [5.74, 6) is 0.520. The van der Waals surface area contributed by atoms with E-state index in [9.17, 15) is 9.59 Å². The van der Waals surface area contributed by atoms with E-state index in [4.69, 9.17) is 10.8 Å². The third-order valence-electron chi connectivity index (χ3n) is 6.00. The molecular weight excluding hydrogens is 404 g/mol. The second kappa shape index (κ2) is 6.84. The van der Waals surface area contributed by atoms with Crippen LogP contribution < -0.4 is 11.3 Å². The lowest BCUT2D eigenvalue weighted by Gasteiger charge is -2.24. The van der Waals surface area contributed by atoms with Crippen LogP contribution in [-0.2, 0) is 4.79 Å². The highest BCUT2D eigenvalue weighted by molar-refractivity contribution is 6.00. The van der Waals surface area contributed by atoms with Gasteiger partial charge in [-0.05, 0) is 29.7 Å². The fourth-order valence-corrected chi connectivity index (χ4v) is 4.27. The van der Waals surface area contributed by atoms with Crippen LogP contribution in [-0.4, -0.2) is 30.1 Å². The Balaban J connectivity index is 1.56. The first-order valence-electron chi connectivity index (χ1n) is 10.3. The number of aromatic nitrogens is 5. The average molecular weight is 422 g/mol. The minimum Gasteiger partial charge on any atom is -0.383 e. The first kappa shape index (κ1) is 18.4. The third-order valence-corrected chi connectivity index (χ3v) is 6.00. The number of Topliss-reactive ketones (excluding diaryl/α,β-unsaturated/α-hetero) is 1. The topological polar surface area (TPSA) is 109 Å². The quantitative estimate of drug-likeness (QED) is 0.478. The molecule has 0 radical (unpaired) electrons. The summed E-state index contributed by atoms with van der Waals surface area (Å²) < 4.78 is 3.39. The summed E-state index contributed by atoms with van der Waals surface area (Å²) in [6, 6.07) is 17.0. The number of hydrogen-bond donors (Lipinski definition) is 1. The molecule has 0 unspecified atom stereocenters. The number of para-hydroxylation sites is 1. The molecule has 1 aliphatic carbocycles. The molecule has 8 nitrogen and oxygen atoms in total. The van der Waals surface area contributed by atoms with Crippen LogP contribution in [0.15, 0.2) is 71.9 Å². The fraction of sp³-hybridized carbons (Fsp3) is 0.125. The molecular formula is C24H18N6O2. The number of hydrogen-bond acceptors (Lipinski definition) is 6. The van der Waals surface area contributed by atoms with Gasteiger partial charge in [0.2, 0.25) is 0 Å². The number of pyridine rings is 1. The molecule has 0 saturated heterocycles. The van der Waals surface area contributed by atoms with Crippen molar-refractivity contribution >= 4 is 33.4 Å². The second-order valence-corrected chi connectivity index (χ2v) is 7.98. The molecule has 32 heavy (non-hydrogen) atoms. The Bertz CT molecular complexity index is 1580. The van der Waals surface area contributed by atoms with Crippen molar-refractivity contribution < 1.29 is 4.79 Å². The van der Waals surface area contributed by atoms with Gasteiger partial charge >= 0.3 is 0 Å². The van der Waals surface area contributed by atoms with Crippen LogP contribution in [0.5, 0.6) is 0 Å². The van der Waals surface area contributed by atoms with Gasteiger partial charge in [-0.2, -0.15) is 5.10 Å². The van der Waals surface area contributed by atoms with Gasteiger partial charge in [-0.3, -0.25) is 14.2 Å². The van der Waals surface area contributed by atoms with Gasteiger partial charge in [0, 0.05) is 35.7 Å². The molecule has 8 heteroatoms. The van der Waals surface area contributed by atoms with Crippen molar-refractivity contribution in [3.05, 3.63) is 77.5 Å². The third kappa shape index (κ3) is 2.73. The maximum atomic E-state index is 13.3. The van der Waals surface area contributed by atoms with E-state index in [0.29, 0.717) is 40.8 Å². The average Bonchev–Trinajstić information content (AvgIpc) is 3.18. The van der Waals surface area contributed by atoms with E-state index in [1.165, 1.54) is 6.33 Å². The zero-order valence-electron chi connectivity index (χ0n) is 17.0. The summed E-state index contributed by atoms with van der Waals surface area (Å²) >= 11 is 0. The Kier molecular flexibility index (Phi) is 3.94. The largest absolute Gasteiger partial charge is 0.383 e. The maximum Gasteiger partial charge on any atom is 0.262 e. The van der Waals surface area contributed by atoms with Gasteiger partial charge in [0.25, 0.3) is 5.56 Å². The van der Waals surface area contributed by atoms with E-state index in [0.717, 1.165) is 16.6 Å². The van der Waals surface area contributed by atoms with Crippen LogP contribution in [0.1, 0.15) is 18.9 Å².